The lowest BCUT2D eigenvalue weighted by molar-refractivity contribution is 0.416. The number of hydrogen-bond acceptors (Lipinski definition) is 2. The predicted molar refractivity (Wildman–Crippen MR) is 76.5 cm³/mol. The van der Waals surface area contributed by atoms with Gasteiger partial charge in [0, 0.05) is 17.2 Å². The molecule has 0 aliphatic heterocycles. The molecule has 100 valence electrons. The Balaban J connectivity index is 2.28. The highest BCUT2D eigenvalue weighted by atomic mass is 19.1. The van der Waals surface area contributed by atoms with Crippen LogP contribution in [0.3, 0.4) is 0 Å². The van der Waals surface area contributed by atoms with Crippen molar-refractivity contribution in [1.29, 1.82) is 0 Å². The monoisotopic (exact) mass is 269 g/mol. The second-order valence-electron chi connectivity index (χ2n) is 4.44. The molecule has 4 heteroatoms. The van der Waals surface area contributed by atoms with Crippen molar-refractivity contribution in [1.82, 2.24) is 4.98 Å². The maximum Gasteiger partial charge on any atom is 0.248 e. The van der Waals surface area contributed by atoms with Crippen molar-refractivity contribution < 1.29 is 9.13 Å². The minimum absolute atomic E-state index is 0.248. The van der Waals surface area contributed by atoms with E-state index in [4.69, 9.17) is 4.74 Å². The topological polar surface area (TPSA) is 42.1 Å². The fourth-order valence-corrected chi connectivity index (χ4v) is 2.25. The van der Waals surface area contributed by atoms with Crippen molar-refractivity contribution in [2.45, 2.75) is 0 Å². The normalized spacial score (nSPS) is 10.7. The summed E-state index contributed by atoms with van der Waals surface area (Å²) < 4.78 is 19.5. The zero-order valence-corrected chi connectivity index (χ0v) is 10.8. The van der Waals surface area contributed by atoms with E-state index in [1.807, 2.05) is 12.1 Å². The molecular weight excluding hydrogens is 257 g/mol. The molecule has 0 spiro atoms. The van der Waals surface area contributed by atoms with E-state index in [0.29, 0.717) is 22.4 Å². The highest BCUT2D eigenvalue weighted by Crippen LogP contribution is 2.33. The van der Waals surface area contributed by atoms with E-state index < -0.39 is 5.82 Å². The zero-order chi connectivity index (χ0) is 14.1. The Morgan fingerprint density at radius 1 is 1.05 bits per heavy atom. The molecule has 0 aliphatic carbocycles. The van der Waals surface area contributed by atoms with E-state index >= 15 is 0 Å². The zero-order valence-electron chi connectivity index (χ0n) is 10.8. The molecule has 0 aliphatic rings. The van der Waals surface area contributed by atoms with Gasteiger partial charge in [0.15, 0.2) is 0 Å². The lowest BCUT2D eigenvalue weighted by Gasteiger charge is -2.10. The van der Waals surface area contributed by atoms with E-state index in [1.165, 1.54) is 12.1 Å². The summed E-state index contributed by atoms with van der Waals surface area (Å²) in [5, 5.41) is 0.770. The number of nitrogens with one attached hydrogen (secondary N) is 1. The second-order valence-corrected chi connectivity index (χ2v) is 4.44. The van der Waals surface area contributed by atoms with Gasteiger partial charge in [0.2, 0.25) is 5.56 Å². The first-order chi connectivity index (χ1) is 9.69. The molecule has 0 fully saturated rings. The maximum atomic E-state index is 14.3. The summed E-state index contributed by atoms with van der Waals surface area (Å²) >= 11 is 0. The number of halogens is 1. The number of rotatable bonds is 2. The van der Waals surface area contributed by atoms with Gasteiger partial charge in [-0.1, -0.05) is 18.2 Å². The first-order valence-corrected chi connectivity index (χ1v) is 6.15. The third-order valence-corrected chi connectivity index (χ3v) is 3.21. The average molecular weight is 269 g/mol. The Morgan fingerprint density at radius 3 is 2.65 bits per heavy atom. The molecule has 0 saturated carbocycles. The average Bonchev–Trinajstić information content (AvgIpc) is 2.46. The Labute approximate surface area is 114 Å². The first kappa shape index (κ1) is 12.4. The lowest BCUT2D eigenvalue weighted by Crippen LogP contribution is -2.02. The van der Waals surface area contributed by atoms with Crippen LogP contribution in [0.4, 0.5) is 4.39 Å². The molecule has 0 unspecified atom stereocenters. The van der Waals surface area contributed by atoms with E-state index in [2.05, 4.69) is 4.98 Å². The van der Waals surface area contributed by atoms with Crippen molar-refractivity contribution in [3.8, 4) is 16.9 Å². The van der Waals surface area contributed by atoms with Crippen LogP contribution in [0.1, 0.15) is 0 Å². The minimum atomic E-state index is -0.399. The summed E-state index contributed by atoms with van der Waals surface area (Å²) in [4.78, 5) is 13.9. The smallest absolute Gasteiger partial charge is 0.248 e. The van der Waals surface area contributed by atoms with Gasteiger partial charge in [-0.2, -0.15) is 0 Å². The number of methoxy groups -OCH3 is 1. The van der Waals surface area contributed by atoms with E-state index in [1.54, 1.807) is 31.4 Å². The summed E-state index contributed by atoms with van der Waals surface area (Å²) in [7, 11) is 1.55. The Kier molecular flexibility index (Phi) is 2.99. The van der Waals surface area contributed by atoms with Crippen LogP contribution in [0, 0.1) is 5.82 Å². The molecule has 0 amide bonds. The summed E-state index contributed by atoms with van der Waals surface area (Å²) in [5.74, 6) is 0.207. The lowest BCUT2D eigenvalue weighted by atomic mass is 10.0. The number of pyridine rings is 1. The van der Waals surface area contributed by atoms with Crippen LogP contribution >= 0.6 is 0 Å². The molecule has 1 N–H and O–H groups in total. The van der Waals surface area contributed by atoms with Crippen LogP contribution in [0.5, 0.6) is 5.75 Å². The Bertz CT molecular complexity index is 839. The summed E-state index contributed by atoms with van der Waals surface area (Å²) in [5.41, 5.74) is 1.36. The third-order valence-electron chi connectivity index (χ3n) is 3.21. The van der Waals surface area contributed by atoms with Crippen molar-refractivity contribution in [2.24, 2.45) is 0 Å². The van der Waals surface area contributed by atoms with Crippen LogP contribution in [-0.2, 0) is 0 Å². The number of benzene rings is 2. The van der Waals surface area contributed by atoms with Crippen LogP contribution in [0.15, 0.2) is 53.3 Å². The molecular formula is C16H12FNO2. The highest BCUT2D eigenvalue weighted by molar-refractivity contribution is 5.86. The predicted octanol–water partition coefficient (Wildman–Crippen LogP) is 3.34. The number of fused-ring (bicyclic) bond motifs is 1. The third kappa shape index (κ3) is 2.05. The number of H-pyrrole nitrogens is 1. The largest absolute Gasteiger partial charge is 0.496 e. The quantitative estimate of drug-likeness (QED) is 0.775. The molecule has 0 saturated heterocycles. The second kappa shape index (κ2) is 4.81. The fraction of sp³-hybridized carbons (Fsp3) is 0.0625. The van der Waals surface area contributed by atoms with Crippen molar-refractivity contribution in [3.05, 3.63) is 64.7 Å². The molecule has 20 heavy (non-hydrogen) atoms. The SMILES string of the molecule is COc1ccccc1-c1cc2ccc(=O)[nH]c2cc1F. The van der Waals surface area contributed by atoms with Gasteiger partial charge >= 0.3 is 0 Å². The summed E-state index contributed by atoms with van der Waals surface area (Å²) in [6, 6.07) is 13.4. The summed E-state index contributed by atoms with van der Waals surface area (Å²) in [6.45, 7) is 0. The van der Waals surface area contributed by atoms with Crippen molar-refractivity contribution in [2.75, 3.05) is 7.11 Å². The van der Waals surface area contributed by atoms with Crippen LogP contribution < -0.4 is 10.3 Å². The van der Waals surface area contributed by atoms with Crippen molar-refractivity contribution >= 4 is 10.9 Å². The van der Waals surface area contributed by atoms with Gasteiger partial charge in [-0.3, -0.25) is 4.79 Å². The molecule has 0 bridgehead atoms. The standard InChI is InChI=1S/C16H12FNO2/c1-20-15-5-3-2-4-11(15)12-8-10-6-7-16(19)18-14(10)9-13(12)17/h2-9H,1H3,(H,18,19). The van der Waals surface area contributed by atoms with Gasteiger partial charge in [0.25, 0.3) is 0 Å². The van der Waals surface area contributed by atoms with Crippen molar-refractivity contribution in [3.63, 3.8) is 0 Å². The first-order valence-electron chi connectivity index (χ1n) is 6.15. The minimum Gasteiger partial charge on any atom is -0.496 e. The molecule has 3 aromatic rings. The van der Waals surface area contributed by atoms with Gasteiger partial charge in [-0.15, -0.1) is 0 Å². The maximum absolute atomic E-state index is 14.3. The van der Waals surface area contributed by atoms with Gasteiger partial charge in [0.1, 0.15) is 11.6 Å². The van der Waals surface area contributed by atoms with Gasteiger partial charge in [-0.05, 0) is 29.7 Å². The van der Waals surface area contributed by atoms with E-state index in [9.17, 15) is 9.18 Å². The number of para-hydroxylation sites is 1. The Hall–Kier alpha value is -2.62. The van der Waals surface area contributed by atoms with Gasteiger partial charge < -0.3 is 9.72 Å². The van der Waals surface area contributed by atoms with Crippen LogP contribution in [0.2, 0.25) is 0 Å². The molecule has 3 nitrogen and oxygen atoms in total. The molecule has 1 aromatic heterocycles. The number of aromatic nitrogens is 1. The number of hydrogen-bond donors (Lipinski definition) is 1. The molecule has 2 aromatic carbocycles. The van der Waals surface area contributed by atoms with Crippen LogP contribution in [-0.4, -0.2) is 12.1 Å². The molecule has 1 heterocycles. The van der Waals surface area contributed by atoms with Gasteiger partial charge in [0.05, 0.1) is 12.6 Å². The molecule has 0 radical (unpaired) electrons. The number of aromatic amines is 1. The van der Waals surface area contributed by atoms with Crippen LogP contribution in [0.25, 0.3) is 22.0 Å². The molecule has 3 rings (SSSR count). The van der Waals surface area contributed by atoms with E-state index in [-0.39, 0.29) is 5.56 Å². The fourth-order valence-electron chi connectivity index (χ4n) is 2.25. The van der Waals surface area contributed by atoms with E-state index in [0.717, 1.165) is 5.39 Å². The number of ether oxygens (including phenoxy) is 1. The summed E-state index contributed by atoms with van der Waals surface area (Å²) in [6.07, 6.45) is 0. The highest BCUT2D eigenvalue weighted by Gasteiger charge is 2.11. The molecule has 0 atom stereocenters. The van der Waals surface area contributed by atoms with Gasteiger partial charge in [-0.25, -0.2) is 4.39 Å². The Morgan fingerprint density at radius 2 is 1.85 bits per heavy atom.